The summed E-state index contributed by atoms with van der Waals surface area (Å²) in [5, 5.41) is 4.62. The number of urea groups is 1. The Morgan fingerprint density at radius 3 is 2.69 bits per heavy atom. The molecule has 2 aromatic carbocycles. The van der Waals surface area contributed by atoms with Crippen LogP contribution in [0.1, 0.15) is 31.9 Å². The second-order valence-electron chi connectivity index (χ2n) is 7.27. The summed E-state index contributed by atoms with van der Waals surface area (Å²) < 4.78 is 24.3. The maximum atomic E-state index is 13.5. The van der Waals surface area contributed by atoms with Crippen LogP contribution >= 0.6 is 11.6 Å². The Kier molecular flexibility index (Phi) is 8.25. The van der Waals surface area contributed by atoms with Gasteiger partial charge in [0.1, 0.15) is 5.82 Å². The highest BCUT2D eigenvalue weighted by Crippen LogP contribution is 2.32. The van der Waals surface area contributed by atoms with Crippen LogP contribution in [0.5, 0.6) is 5.88 Å². The number of ether oxygens (including phenoxy) is 2. The number of nitrogens with one attached hydrogen (secondary N) is 1. The van der Waals surface area contributed by atoms with Gasteiger partial charge in [0.2, 0.25) is 5.88 Å². The van der Waals surface area contributed by atoms with E-state index >= 15 is 0 Å². The highest BCUT2D eigenvalue weighted by molar-refractivity contribution is 6.31. The molecule has 0 unspecified atom stereocenters. The number of benzene rings is 2. The summed E-state index contributed by atoms with van der Waals surface area (Å²) in [7, 11) is 1.62. The summed E-state index contributed by atoms with van der Waals surface area (Å²) in [6.45, 7) is 5.35. The van der Waals surface area contributed by atoms with Crippen LogP contribution in [0, 0.1) is 5.82 Å². The fourth-order valence-corrected chi connectivity index (χ4v) is 3.74. The number of anilines is 1. The average Bonchev–Trinajstić information content (AvgIpc) is 2.79. The molecule has 6 nitrogen and oxygen atoms in total. The Morgan fingerprint density at radius 1 is 1.25 bits per heavy atom. The third-order valence-electron chi connectivity index (χ3n) is 5.17. The molecule has 3 rings (SSSR count). The number of fused-ring (bicyclic) bond motifs is 1. The number of carbonyl (C=O) groups excluding carboxylic acids is 1. The lowest BCUT2D eigenvalue weighted by Gasteiger charge is -2.30. The van der Waals surface area contributed by atoms with Crippen LogP contribution in [0.15, 0.2) is 48.7 Å². The van der Waals surface area contributed by atoms with Crippen LogP contribution in [-0.4, -0.2) is 42.8 Å². The van der Waals surface area contributed by atoms with Gasteiger partial charge in [-0.05, 0) is 49.9 Å². The molecule has 1 aromatic heterocycles. The zero-order valence-electron chi connectivity index (χ0n) is 18.4. The van der Waals surface area contributed by atoms with Crippen molar-refractivity contribution in [1.29, 1.82) is 0 Å². The van der Waals surface area contributed by atoms with Crippen LogP contribution in [0.2, 0.25) is 5.02 Å². The Hall–Kier alpha value is -2.90. The van der Waals surface area contributed by atoms with Gasteiger partial charge in [-0.1, -0.05) is 29.8 Å². The van der Waals surface area contributed by atoms with E-state index in [1.54, 1.807) is 18.2 Å². The van der Waals surface area contributed by atoms with Crippen molar-refractivity contribution in [2.45, 2.75) is 26.3 Å². The van der Waals surface area contributed by atoms with E-state index in [1.165, 1.54) is 18.2 Å². The maximum absolute atomic E-state index is 13.5. The van der Waals surface area contributed by atoms with Crippen molar-refractivity contribution in [2.75, 3.05) is 32.2 Å². The van der Waals surface area contributed by atoms with Crippen molar-refractivity contribution in [3.63, 3.8) is 0 Å². The number of halogens is 2. The molecule has 0 spiro atoms. The molecule has 1 atom stereocenters. The Labute approximate surface area is 192 Å². The lowest BCUT2D eigenvalue weighted by molar-refractivity contribution is 0.161. The first-order valence-electron chi connectivity index (χ1n) is 10.5. The van der Waals surface area contributed by atoms with Crippen molar-refractivity contribution in [2.24, 2.45) is 0 Å². The van der Waals surface area contributed by atoms with E-state index in [9.17, 15) is 9.18 Å². The SMILES string of the molecule is CCOc1ncc([C@@H](C)N(CCCOC)C(=O)Nc2ccc(F)c(Cl)c2)c2ccccc12. The normalized spacial score (nSPS) is 11.9. The largest absolute Gasteiger partial charge is 0.478 e. The number of amides is 2. The van der Waals surface area contributed by atoms with E-state index in [4.69, 9.17) is 21.1 Å². The molecule has 8 heteroatoms. The Bertz CT molecular complexity index is 1080. The minimum absolute atomic E-state index is 0.0523. The second-order valence-corrected chi connectivity index (χ2v) is 7.68. The molecule has 0 aliphatic rings. The second kappa shape index (κ2) is 11.1. The average molecular weight is 460 g/mol. The molecule has 1 N–H and O–H groups in total. The summed E-state index contributed by atoms with van der Waals surface area (Å²) in [5.41, 5.74) is 1.31. The number of aromatic nitrogens is 1. The predicted molar refractivity (Wildman–Crippen MR) is 125 cm³/mol. The molecule has 3 aromatic rings. The van der Waals surface area contributed by atoms with Gasteiger partial charge < -0.3 is 19.7 Å². The van der Waals surface area contributed by atoms with Gasteiger partial charge in [0, 0.05) is 43.1 Å². The lowest BCUT2D eigenvalue weighted by Crippen LogP contribution is -2.38. The first-order chi connectivity index (χ1) is 15.5. The first-order valence-corrected chi connectivity index (χ1v) is 10.9. The number of nitrogens with zero attached hydrogens (tertiary/aromatic N) is 2. The molecule has 0 bridgehead atoms. The maximum Gasteiger partial charge on any atom is 0.322 e. The van der Waals surface area contributed by atoms with Gasteiger partial charge in [0.05, 0.1) is 17.7 Å². The molecule has 2 amide bonds. The number of pyridine rings is 1. The number of methoxy groups -OCH3 is 1. The minimum Gasteiger partial charge on any atom is -0.478 e. The van der Waals surface area contributed by atoms with E-state index in [0.29, 0.717) is 37.7 Å². The predicted octanol–water partition coefficient (Wildman–Crippen LogP) is 6.06. The zero-order chi connectivity index (χ0) is 23.1. The topological polar surface area (TPSA) is 63.7 Å². The molecule has 170 valence electrons. The zero-order valence-corrected chi connectivity index (χ0v) is 19.2. The minimum atomic E-state index is -0.540. The van der Waals surface area contributed by atoms with Gasteiger partial charge in [-0.25, -0.2) is 14.2 Å². The number of hydrogen-bond donors (Lipinski definition) is 1. The van der Waals surface area contributed by atoms with Crippen molar-refractivity contribution in [3.8, 4) is 5.88 Å². The smallest absolute Gasteiger partial charge is 0.322 e. The van der Waals surface area contributed by atoms with Crippen LogP contribution in [0.4, 0.5) is 14.9 Å². The quantitative estimate of drug-likeness (QED) is 0.395. The van der Waals surface area contributed by atoms with Gasteiger partial charge >= 0.3 is 6.03 Å². The van der Waals surface area contributed by atoms with E-state index < -0.39 is 5.82 Å². The third-order valence-corrected chi connectivity index (χ3v) is 5.46. The summed E-state index contributed by atoms with van der Waals surface area (Å²) in [6, 6.07) is 11.3. The molecule has 0 aliphatic heterocycles. The fraction of sp³-hybridized carbons (Fsp3) is 0.333. The van der Waals surface area contributed by atoms with Crippen molar-refractivity contribution in [1.82, 2.24) is 9.88 Å². The van der Waals surface area contributed by atoms with Crippen LogP contribution < -0.4 is 10.1 Å². The standard InChI is InChI=1S/C24H27ClFN3O3/c1-4-32-23-19-9-6-5-8-18(19)20(15-27-23)16(2)29(12-7-13-31-3)24(30)28-17-10-11-22(26)21(25)14-17/h5-6,8-11,14-16H,4,7,12-13H2,1-3H3,(H,28,30)/t16-/m1/s1. The summed E-state index contributed by atoms with van der Waals surface area (Å²) in [4.78, 5) is 19.4. The molecule has 0 fully saturated rings. The Morgan fingerprint density at radius 2 is 2.00 bits per heavy atom. The first kappa shape index (κ1) is 23.8. The molecule has 0 saturated carbocycles. The molecule has 1 heterocycles. The molecule has 0 radical (unpaired) electrons. The Balaban J connectivity index is 1.93. The van der Waals surface area contributed by atoms with Gasteiger partial charge in [-0.3, -0.25) is 0 Å². The number of rotatable bonds is 9. The summed E-state index contributed by atoms with van der Waals surface area (Å²) >= 11 is 5.87. The van der Waals surface area contributed by atoms with Crippen LogP contribution in [0.25, 0.3) is 10.8 Å². The molecular formula is C24H27ClFN3O3. The number of hydrogen-bond acceptors (Lipinski definition) is 4. The molecule has 0 saturated heterocycles. The third kappa shape index (κ3) is 5.47. The molecular weight excluding hydrogens is 433 g/mol. The van der Waals surface area contributed by atoms with Crippen molar-refractivity contribution >= 4 is 34.1 Å². The molecule has 32 heavy (non-hydrogen) atoms. The monoisotopic (exact) mass is 459 g/mol. The van der Waals surface area contributed by atoms with E-state index in [2.05, 4.69) is 10.3 Å². The highest BCUT2D eigenvalue weighted by atomic mass is 35.5. The van der Waals surface area contributed by atoms with Gasteiger partial charge in [-0.2, -0.15) is 0 Å². The van der Waals surface area contributed by atoms with E-state index in [0.717, 1.165) is 16.3 Å². The van der Waals surface area contributed by atoms with Crippen molar-refractivity contribution in [3.05, 3.63) is 65.1 Å². The fourth-order valence-electron chi connectivity index (χ4n) is 3.56. The molecule has 0 aliphatic carbocycles. The van der Waals surface area contributed by atoms with Gasteiger partial charge in [0.15, 0.2) is 0 Å². The van der Waals surface area contributed by atoms with E-state index in [-0.39, 0.29) is 17.1 Å². The van der Waals surface area contributed by atoms with Crippen LogP contribution in [-0.2, 0) is 4.74 Å². The number of carbonyl (C=O) groups is 1. The van der Waals surface area contributed by atoms with Gasteiger partial charge in [0.25, 0.3) is 0 Å². The van der Waals surface area contributed by atoms with E-state index in [1.807, 2.05) is 38.1 Å². The highest BCUT2D eigenvalue weighted by Gasteiger charge is 2.24. The summed E-state index contributed by atoms with van der Waals surface area (Å²) in [5.74, 6) is 0.0253. The summed E-state index contributed by atoms with van der Waals surface area (Å²) in [6.07, 6.45) is 2.41. The van der Waals surface area contributed by atoms with Crippen molar-refractivity contribution < 1.29 is 18.7 Å². The van der Waals surface area contributed by atoms with Crippen LogP contribution in [0.3, 0.4) is 0 Å². The lowest BCUT2D eigenvalue weighted by atomic mass is 10.0. The van der Waals surface area contributed by atoms with Gasteiger partial charge in [-0.15, -0.1) is 0 Å².